The van der Waals surface area contributed by atoms with Crippen molar-refractivity contribution < 1.29 is 9.15 Å². The van der Waals surface area contributed by atoms with Gasteiger partial charge >= 0.3 is 0 Å². The molecule has 364 valence electrons. The van der Waals surface area contributed by atoms with Crippen LogP contribution in [0.25, 0.3) is 0 Å². The Labute approximate surface area is 426 Å². The molecule has 4 heterocycles. The van der Waals surface area contributed by atoms with Crippen molar-refractivity contribution in [2.24, 2.45) is 11.8 Å². The van der Waals surface area contributed by atoms with E-state index in [9.17, 15) is 0 Å². The number of allylic oxidation sites excluding steroid dienone is 16. The molecule has 2 unspecified atom stereocenters. The summed E-state index contributed by atoms with van der Waals surface area (Å²) >= 11 is 0. The maximum absolute atomic E-state index is 2.52. The average molecular weight is 939 g/mol. The van der Waals surface area contributed by atoms with Crippen LogP contribution in [-0.2, 0) is 21.7 Å². The summed E-state index contributed by atoms with van der Waals surface area (Å²) in [5.74, 6) is 1.01. The highest BCUT2D eigenvalue weighted by molar-refractivity contribution is 6.04. The third-order valence-electron chi connectivity index (χ3n) is 17.7. The van der Waals surface area contributed by atoms with Gasteiger partial charge in [0.1, 0.15) is 14.1 Å². The Kier molecular flexibility index (Phi) is 12.1. The predicted molar refractivity (Wildman–Crippen MR) is 302 cm³/mol. The molecule has 0 radical (unpaired) electrons. The fraction of sp³-hybridized carbons (Fsp3) is 0.373. The minimum Gasteiger partial charge on any atom is -0.347 e. The summed E-state index contributed by atoms with van der Waals surface area (Å²) in [6, 6.07) is 35.8. The predicted octanol–water partition coefficient (Wildman–Crippen LogP) is 15.8. The van der Waals surface area contributed by atoms with Crippen LogP contribution in [-0.4, -0.2) is 48.8 Å². The van der Waals surface area contributed by atoms with Gasteiger partial charge in [-0.25, -0.2) is 0 Å². The molecule has 4 nitrogen and oxygen atoms in total. The van der Waals surface area contributed by atoms with Crippen molar-refractivity contribution in [1.29, 1.82) is 0 Å². The van der Waals surface area contributed by atoms with E-state index in [2.05, 4.69) is 262 Å². The third kappa shape index (κ3) is 8.05. The molecule has 4 aromatic rings. The average Bonchev–Trinajstić information content (AvgIpc) is 3.84. The zero-order valence-corrected chi connectivity index (χ0v) is 45.3. The fourth-order valence-electron chi connectivity index (χ4n) is 13.8. The first-order chi connectivity index (χ1) is 33.7. The van der Waals surface area contributed by atoms with Crippen molar-refractivity contribution in [3.05, 3.63) is 213 Å². The lowest BCUT2D eigenvalue weighted by molar-refractivity contribution is -0.401. The van der Waals surface area contributed by atoms with Crippen molar-refractivity contribution in [3.8, 4) is 0 Å². The highest BCUT2D eigenvalue weighted by Gasteiger charge is 2.45. The van der Waals surface area contributed by atoms with E-state index in [1.807, 2.05) is 0 Å². The molecule has 0 amide bonds. The summed E-state index contributed by atoms with van der Waals surface area (Å²) < 4.78 is 4.85. The second-order valence-electron chi connectivity index (χ2n) is 23.9. The lowest BCUT2D eigenvalue weighted by Gasteiger charge is -2.32. The van der Waals surface area contributed by atoms with E-state index >= 15 is 0 Å². The SMILES string of the molecule is CC1CC(=CC=C2N(C)c3ccccc3C2(C)C)C(CC2=C(C=CC3=[N+](C)c4ccccc4C3(C)C)CC(C)CC2=CC=C2N(C)c3ccccc3C2(C)C)=C(C=CC2=[N+](C)c3ccccc3C2(C)C)C1. The molecule has 4 heteroatoms. The normalized spacial score (nSPS) is 25.3. The minimum atomic E-state index is -0.109. The molecule has 0 fully saturated rings. The Morgan fingerprint density at radius 1 is 0.451 bits per heavy atom. The zero-order valence-electron chi connectivity index (χ0n) is 45.3. The molecular weight excluding hydrogens is 861 g/mol. The van der Waals surface area contributed by atoms with Crippen molar-refractivity contribution >= 4 is 34.2 Å². The minimum absolute atomic E-state index is 0.109. The molecule has 2 aliphatic carbocycles. The zero-order chi connectivity index (χ0) is 50.4. The van der Waals surface area contributed by atoms with Crippen LogP contribution in [0.5, 0.6) is 0 Å². The molecule has 10 rings (SSSR count). The number of nitrogens with zero attached hydrogens (tertiary/aromatic N) is 4. The molecule has 71 heavy (non-hydrogen) atoms. The summed E-state index contributed by atoms with van der Waals surface area (Å²) in [6.45, 7) is 24.1. The first kappa shape index (κ1) is 48.4. The molecule has 4 aromatic carbocycles. The van der Waals surface area contributed by atoms with Crippen molar-refractivity contribution in [2.75, 3.05) is 38.0 Å². The van der Waals surface area contributed by atoms with E-state index in [1.54, 1.807) is 0 Å². The van der Waals surface area contributed by atoms with E-state index in [4.69, 9.17) is 0 Å². The summed E-state index contributed by atoms with van der Waals surface area (Å²) in [7, 11) is 9.00. The molecule has 0 N–H and O–H groups in total. The Bertz CT molecular complexity index is 2980. The van der Waals surface area contributed by atoms with Crippen LogP contribution in [0.4, 0.5) is 22.7 Å². The standard InChI is InChI=1S/C67H78N4/c1-44-39-46(31-35-60-64(3,4)52-23-15-19-27-56(52)68(60)11)50(47(40-44)32-36-61-65(5,6)53-24-16-20-28-57(53)69(61)12)43-51-48(33-37-62-66(7,8)54-25-17-21-29-58(54)70(62)13)41-45(2)42-49(51)34-38-63-67(9,10)55-26-18-22-30-59(55)71(63)14/h15-38,44-45H,39-43H2,1-14H3/q+2. The van der Waals surface area contributed by atoms with E-state index in [0.29, 0.717) is 11.8 Å². The van der Waals surface area contributed by atoms with Crippen LogP contribution in [0.2, 0.25) is 0 Å². The number of likely N-dealkylation sites (N-methyl/N-ethyl adjacent to an activating group) is 2. The molecular formula is C67H78N4+2. The first-order valence-corrected chi connectivity index (χ1v) is 26.4. The van der Waals surface area contributed by atoms with Gasteiger partial charge in [-0.1, -0.05) is 139 Å². The molecule has 0 saturated heterocycles. The summed E-state index contributed by atoms with van der Waals surface area (Å²) in [4.78, 5) is 4.85. The number of para-hydroxylation sites is 4. The van der Waals surface area contributed by atoms with Crippen molar-refractivity contribution in [3.63, 3.8) is 0 Å². The fourth-order valence-corrected chi connectivity index (χ4v) is 13.8. The molecule has 6 aliphatic rings. The van der Waals surface area contributed by atoms with Crippen molar-refractivity contribution in [2.45, 2.75) is 123 Å². The van der Waals surface area contributed by atoms with Crippen LogP contribution in [0.15, 0.2) is 191 Å². The van der Waals surface area contributed by atoms with E-state index in [0.717, 1.165) is 32.1 Å². The lowest BCUT2D eigenvalue weighted by atomic mass is 9.73. The van der Waals surface area contributed by atoms with Crippen LogP contribution in [0.1, 0.15) is 124 Å². The second-order valence-corrected chi connectivity index (χ2v) is 23.9. The molecule has 0 saturated carbocycles. The van der Waals surface area contributed by atoms with Crippen LogP contribution >= 0.6 is 0 Å². The molecule has 0 aromatic heterocycles. The number of benzene rings is 4. The largest absolute Gasteiger partial charge is 0.347 e. The maximum atomic E-state index is 2.52. The smallest absolute Gasteiger partial charge is 0.209 e. The molecule has 4 aliphatic heterocycles. The topological polar surface area (TPSA) is 12.5 Å². The molecule has 0 bridgehead atoms. The summed E-state index contributed by atoms with van der Waals surface area (Å²) in [6.07, 6.45) is 25.0. The van der Waals surface area contributed by atoms with E-state index in [-0.39, 0.29) is 21.7 Å². The van der Waals surface area contributed by atoms with Crippen LogP contribution in [0.3, 0.4) is 0 Å². The highest BCUT2D eigenvalue weighted by Crippen LogP contribution is 2.50. The van der Waals surface area contributed by atoms with Gasteiger partial charge < -0.3 is 9.80 Å². The van der Waals surface area contributed by atoms with Gasteiger partial charge in [-0.3, -0.25) is 0 Å². The lowest BCUT2D eigenvalue weighted by Crippen LogP contribution is -2.26. The van der Waals surface area contributed by atoms with Gasteiger partial charge in [-0.15, -0.1) is 0 Å². The van der Waals surface area contributed by atoms with Gasteiger partial charge in [0.2, 0.25) is 11.4 Å². The summed E-state index contributed by atoms with van der Waals surface area (Å²) in [5.41, 5.74) is 24.5. The number of anilines is 2. The Morgan fingerprint density at radius 3 is 1.17 bits per heavy atom. The van der Waals surface area contributed by atoms with Crippen LogP contribution < -0.4 is 9.80 Å². The van der Waals surface area contributed by atoms with Gasteiger partial charge in [-0.05, 0) is 140 Å². The third-order valence-corrected chi connectivity index (χ3v) is 17.7. The molecule has 2 atom stereocenters. The second kappa shape index (κ2) is 17.8. The highest BCUT2D eigenvalue weighted by atomic mass is 15.2. The Balaban J connectivity index is 1.16. The van der Waals surface area contributed by atoms with Gasteiger partial charge in [-0.2, -0.15) is 9.15 Å². The van der Waals surface area contributed by atoms with Crippen LogP contribution in [0, 0.1) is 11.8 Å². The Hall–Kier alpha value is -6.26. The van der Waals surface area contributed by atoms with Gasteiger partial charge in [0.15, 0.2) is 11.4 Å². The van der Waals surface area contributed by atoms with E-state index < -0.39 is 0 Å². The van der Waals surface area contributed by atoms with Gasteiger partial charge in [0.05, 0.1) is 10.8 Å². The molecule has 0 spiro atoms. The number of rotatable bonds is 8. The van der Waals surface area contributed by atoms with Gasteiger partial charge in [0.25, 0.3) is 0 Å². The number of fused-ring (bicyclic) bond motifs is 4. The Morgan fingerprint density at radius 2 is 0.803 bits per heavy atom. The first-order valence-electron chi connectivity index (χ1n) is 26.4. The monoisotopic (exact) mass is 939 g/mol. The summed E-state index contributed by atoms with van der Waals surface area (Å²) in [5, 5.41) is 0. The maximum Gasteiger partial charge on any atom is 0.209 e. The number of hydrogen-bond donors (Lipinski definition) is 0. The quantitative estimate of drug-likeness (QED) is 0.163. The van der Waals surface area contributed by atoms with Gasteiger partial charge in [0, 0.05) is 83.1 Å². The van der Waals surface area contributed by atoms with E-state index in [1.165, 1.54) is 101 Å². The number of hydrogen-bond acceptors (Lipinski definition) is 2. The van der Waals surface area contributed by atoms with Crippen molar-refractivity contribution in [1.82, 2.24) is 0 Å².